The van der Waals surface area contributed by atoms with E-state index in [2.05, 4.69) is 46.8 Å². The molecule has 5 rings (SSSR count). The van der Waals surface area contributed by atoms with Crippen molar-refractivity contribution in [2.24, 2.45) is 28.6 Å². The van der Waals surface area contributed by atoms with Crippen LogP contribution in [0.3, 0.4) is 0 Å². The molecule has 0 saturated heterocycles. The van der Waals surface area contributed by atoms with Gasteiger partial charge < -0.3 is 9.47 Å². The van der Waals surface area contributed by atoms with Crippen molar-refractivity contribution in [1.82, 2.24) is 0 Å². The Bertz CT molecular complexity index is 1040. The van der Waals surface area contributed by atoms with Gasteiger partial charge >= 0.3 is 11.9 Å². The van der Waals surface area contributed by atoms with Gasteiger partial charge in [-0.15, -0.1) is 0 Å². The van der Waals surface area contributed by atoms with Crippen molar-refractivity contribution in [2.75, 3.05) is 0 Å². The van der Waals surface area contributed by atoms with Gasteiger partial charge in [0, 0.05) is 24.0 Å². The molecule has 0 bridgehead atoms. The van der Waals surface area contributed by atoms with Gasteiger partial charge in [0.2, 0.25) is 0 Å². The van der Waals surface area contributed by atoms with Gasteiger partial charge in [0.1, 0.15) is 11.7 Å². The Morgan fingerprint density at radius 1 is 1.03 bits per heavy atom. The molecule has 3 aliphatic carbocycles. The summed E-state index contributed by atoms with van der Waals surface area (Å²) in [5.74, 6) is 0.711. The number of ether oxygens (including phenoxy) is 2. The number of allylic oxidation sites excluding steroid dienone is 4. The van der Waals surface area contributed by atoms with E-state index in [4.69, 9.17) is 9.47 Å². The van der Waals surface area contributed by atoms with Crippen LogP contribution in [0.25, 0.3) is 0 Å². The second-order valence-electron chi connectivity index (χ2n) is 12.4. The monoisotopic (exact) mass is 464 g/mol. The highest BCUT2D eigenvalue weighted by Crippen LogP contribution is 2.68. The normalized spacial score (nSPS) is 40.0. The lowest BCUT2D eigenvalue weighted by atomic mass is 9.52. The SMILES string of the molecule is CC1=CC[C@H]([C@H](C)[C@@H]2CC[C@]3(C)C4=C(C=C5C=CC(=O)OC(C)(C)[C@@H]5CC4)CC[C@]23C)OC1=O. The van der Waals surface area contributed by atoms with Crippen LogP contribution in [0.1, 0.15) is 86.5 Å². The van der Waals surface area contributed by atoms with Gasteiger partial charge in [0.15, 0.2) is 0 Å². The summed E-state index contributed by atoms with van der Waals surface area (Å²) in [6.45, 7) is 13.3. The minimum Gasteiger partial charge on any atom is -0.458 e. The van der Waals surface area contributed by atoms with Gasteiger partial charge in [-0.05, 0) is 93.1 Å². The van der Waals surface area contributed by atoms with Crippen LogP contribution in [0.2, 0.25) is 0 Å². The Morgan fingerprint density at radius 2 is 1.79 bits per heavy atom. The molecule has 4 heteroatoms. The van der Waals surface area contributed by atoms with Crippen molar-refractivity contribution >= 4 is 11.9 Å². The Kier molecular flexibility index (Phi) is 5.53. The van der Waals surface area contributed by atoms with Crippen molar-refractivity contribution in [2.45, 2.75) is 98.2 Å². The Hall–Kier alpha value is -2.10. The number of esters is 2. The van der Waals surface area contributed by atoms with E-state index in [0.29, 0.717) is 11.8 Å². The van der Waals surface area contributed by atoms with E-state index in [1.165, 1.54) is 24.0 Å². The van der Waals surface area contributed by atoms with Crippen LogP contribution < -0.4 is 0 Å². The predicted octanol–water partition coefficient (Wildman–Crippen LogP) is 6.63. The summed E-state index contributed by atoms with van der Waals surface area (Å²) < 4.78 is 11.7. The minimum absolute atomic E-state index is 0.0146. The third-order valence-corrected chi connectivity index (χ3v) is 10.5. The molecule has 0 amide bonds. The first-order valence-corrected chi connectivity index (χ1v) is 13.2. The fourth-order valence-electron chi connectivity index (χ4n) is 8.19. The maximum atomic E-state index is 12.3. The number of fused-ring (bicyclic) bond motifs is 3. The lowest BCUT2D eigenvalue weighted by Crippen LogP contribution is -2.46. The summed E-state index contributed by atoms with van der Waals surface area (Å²) in [4.78, 5) is 24.4. The first-order valence-electron chi connectivity index (χ1n) is 13.2. The number of hydrogen-bond acceptors (Lipinski definition) is 4. The number of rotatable bonds is 2. The second kappa shape index (κ2) is 7.96. The van der Waals surface area contributed by atoms with Crippen molar-refractivity contribution < 1.29 is 19.1 Å². The van der Waals surface area contributed by atoms with E-state index >= 15 is 0 Å². The van der Waals surface area contributed by atoms with E-state index in [1.807, 2.05) is 13.0 Å². The number of carbonyl (C=O) groups excluding carboxylic acids is 2. The molecule has 0 spiro atoms. The van der Waals surface area contributed by atoms with E-state index in [0.717, 1.165) is 37.7 Å². The molecule has 0 radical (unpaired) electrons. The lowest BCUT2D eigenvalue weighted by molar-refractivity contribution is -0.153. The van der Waals surface area contributed by atoms with Gasteiger partial charge in [0.25, 0.3) is 0 Å². The minimum atomic E-state index is -0.505. The molecule has 1 saturated carbocycles. The Balaban J connectivity index is 1.47. The molecule has 0 aromatic carbocycles. The molecule has 0 aromatic heterocycles. The number of cyclic esters (lactones) is 2. The lowest BCUT2D eigenvalue weighted by Gasteiger charge is -2.52. The van der Waals surface area contributed by atoms with Gasteiger partial charge in [-0.25, -0.2) is 9.59 Å². The van der Waals surface area contributed by atoms with Crippen molar-refractivity contribution in [3.8, 4) is 0 Å². The van der Waals surface area contributed by atoms with Crippen LogP contribution in [0.5, 0.6) is 0 Å². The summed E-state index contributed by atoms with van der Waals surface area (Å²) in [7, 11) is 0. The van der Waals surface area contributed by atoms with E-state index in [9.17, 15) is 9.59 Å². The molecular weight excluding hydrogens is 424 g/mol. The molecule has 0 unspecified atom stereocenters. The molecule has 1 fully saturated rings. The largest absolute Gasteiger partial charge is 0.458 e. The van der Waals surface area contributed by atoms with Crippen molar-refractivity contribution in [1.29, 1.82) is 0 Å². The maximum Gasteiger partial charge on any atom is 0.333 e. The first-order chi connectivity index (χ1) is 16.0. The molecule has 6 atom stereocenters. The highest BCUT2D eigenvalue weighted by Gasteiger charge is 2.60. The van der Waals surface area contributed by atoms with Crippen LogP contribution in [0, 0.1) is 28.6 Å². The highest BCUT2D eigenvalue weighted by atomic mass is 16.6. The summed E-state index contributed by atoms with van der Waals surface area (Å²) >= 11 is 0. The molecule has 2 heterocycles. The predicted molar refractivity (Wildman–Crippen MR) is 133 cm³/mol. The third kappa shape index (κ3) is 3.46. The van der Waals surface area contributed by atoms with Crippen LogP contribution >= 0.6 is 0 Å². The first kappa shape index (κ1) is 23.6. The van der Waals surface area contributed by atoms with Crippen molar-refractivity contribution in [3.63, 3.8) is 0 Å². The van der Waals surface area contributed by atoms with E-state index in [-0.39, 0.29) is 34.8 Å². The smallest absolute Gasteiger partial charge is 0.333 e. The zero-order valence-corrected chi connectivity index (χ0v) is 21.7. The maximum absolute atomic E-state index is 12.3. The fraction of sp³-hybridized carbons (Fsp3) is 0.667. The van der Waals surface area contributed by atoms with Crippen LogP contribution in [-0.4, -0.2) is 23.6 Å². The molecule has 2 aliphatic heterocycles. The molecule has 184 valence electrons. The summed E-state index contributed by atoms with van der Waals surface area (Å²) in [5, 5.41) is 0. The van der Waals surface area contributed by atoms with E-state index in [1.54, 1.807) is 11.6 Å². The molecular formula is C30H40O4. The average molecular weight is 465 g/mol. The molecule has 5 aliphatic rings. The third-order valence-electron chi connectivity index (χ3n) is 10.5. The van der Waals surface area contributed by atoms with Gasteiger partial charge in [-0.3, -0.25) is 0 Å². The fourth-order valence-corrected chi connectivity index (χ4v) is 8.19. The van der Waals surface area contributed by atoms with Gasteiger partial charge in [-0.1, -0.05) is 44.6 Å². The average Bonchev–Trinajstić information content (AvgIpc) is 2.88. The zero-order chi connectivity index (χ0) is 24.5. The summed E-state index contributed by atoms with van der Waals surface area (Å²) in [6, 6.07) is 0. The highest BCUT2D eigenvalue weighted by molar-refractivity contribution is 5.88. The summed E-state index contributed by atoms with van der Waals surface area (Å²) in [5.41, 5.74) is 4.93. The van der Waals surface area contributed by atoms with Crippen LogP contribution in [0.4, 0.5) is 0 Å². The van der Waals surface area contributed by atoms with Gasteiger partial charge in [-0.2, -0.15) is 0 Å². The zero-order valence-electron chi connectivity index (χ0n) is 21.7. The number of carbonyl (C=O) groups is 2. The molecule has 0 aromatic rings. The molecule has 0 N–H and O–H groups in total. The van der Waals surface area contributed by atoms with Gasteiger partial charge in [0.05, 0.1) is 0 Å². The van der Waals surface area contributed by atoms with Crippen molar-refractivity contribution in [3.05, 3.63) is 46.6 Å². The standard InChI is InChI=1S/C30H40O4/c1-18-7-11-25(33-27(18)32)19(2)22-14-16-30(6)24-10-9-23-20(8-12-26(31)34-28(23,3)4)17-21(24)13-15-29(22,30)5/h7-8,12,17,19,22-23,25H,9-11,13-16H2,1-6H3/t19-,22+,23-,25-,29-,30-/m1/s1. The molecule has 4 nitrogen and oxygen atoms in total. The Morgan fingerprint density at radius 3 is 2.53 bits per heavy atom. The second-order valence-corrected chi connectivity index (χ2v) is 12.4. The van der Waals surface area contributed by atoms with Crippen LogP contribution in [0.15, 0.2) is 46.6 Å². The quantitative estimate of drug-likeness (QED) is 0.431. The van der Waals surface area contributed by atoms with E-state index < -0.39 is 5.60 Å². The van der Waals surface area contributed by atoms with Crippen LogP contribution in [-0.2, 0) is 19.1 Å². The Labute approximate surface area is 204 Å². The molecule has 34 heavy (non-hydrogen) atoms. The number of hydrogen-bond donors (Lipinski definition) is 0. The topological polar surface area (TPSA) is 52.6 Å². The summed E-state index contributed by atoms with van der Waals surface area (Å²) in [6.07, 6.45) is 15.6.